The highest BCUT2D eigenvalue weighted by Gasteiger charge is 2.01. The lowest BCUT2D eigenvalue weighted by molar-refractivity contribution is -0.132. The molecular weight excluding hydrogens is 144 g/mol. The van der Waals surface area contributed by atoms with Crippen LogP contribution in [0.2, 0.25) is 0 Å². The second kappa shape index (κ2) is 3.46. The van der Waals surface area contributed by atoms with E-state index in [0.29, 0.717) is 0 Å². The van der Waals surface area contributed by atoms with Crippen LogP contribution in [0.15, 0.2) is 34.0 Å². The van der Waals surface area contributed by atoms with E-state index in [-0.39, 0.29) is 5.57 Å². The number of aliphatic imine (C=N–C) groups is 2. The first-order chi connectivity index (χ1) is 5.30. The van der Waals surface area contributed by atoms with E-state index in [1.807, 2.05) is 0 Å². The minimum Gasteiger partial charge on any atom is -0.478 e. The first-order valence-corrected chi connectivity index (χ1v) is 2.95. The summed E-state index contributed by atoms with van der Waals surface area (Å²) in [6, 6.07) is 0. The lowest BCUT2D eigenvalue weighted by Gasteiger charge is -1.90. The predicted octanol–water partition coefficient (Wildman–Crippen LogP) is 0.624. The van der Waals surface area contributed by atoms with Gasteiger partial charge in [0.05, 0.1) is 5.57 Å². The molecule has 0 aliphatic carbocycles. The SMILES string of the molecule is O=C(O)C1=C/N=C\C=C/N=C\1. The molecule has 1 heterocycles. The van der Waals surface area contributed by atoms with Gasteiger partial charge < -0.3 is 5.11 Å². The highest BCUT2D eigenvalue weighted by atomic mass is 16.4. The van der Waals surface area contributed by atoms with Crippen molar-refractivity contribution in [2.24, 2.45) is 9.98 Å². The molecule has 56 valence electrons. The number of nitrogens with zero attached hydrogens (tertiary/aromatic N) is 2. The molecule has 4 heteroatoms. The summed E-state index contributed by atoms with van der Waals surface area (Å²) in [4.78, 5) is 17.7. The van der Waals surface area contributed by atoms with Gasteiger partial charge in [0, 0.05) is 24.8 Å². The first kappa shape index (κ1) is 7.40. The summed E-state index contributed by atoms with van der Waals surface area (Å²) < 4.78 is 0. The quantitative estimate of drug-likeness (QED) is 0.595. The van der Waals surface area contributed by atoms with Gasteiger partial charge in [0.1, 0.15) is 0 Å². The molecule has 0 amide bonds. The zero-order valence-corrected chi connectivity index (χ0v) is 5.64. The molecule has 1 aliphatic heterocycles. The van der Waals surface area contributed by atoms with Gasteiger partial charge in [-0.1, -0.05) is 0 Å². The second-order valence-electron chi connectivity index (χ2n) is 1.81. The van der Waals surface area contributed by atoms with Crippen molar-refractivity contribution in [3.8, 4) is 0 Å². The molecule has 0 spiro atoms. The number of rotatable bonds is 1. The van der Waals surface area contributed by atoms with E-state index in [4.69, 9.17) is 5.11 Å². The Morgan fingerprint density at radius 2 is 2.27 bits per heavy atom. The molecular formula is C7H6N2O2. The van der Waals surface area contributed by atoms with E-state index >= 15 is 0 Å². The molecule has 0 atom stereocenters. The summed E-state index contributed by atoms with van der Waals surface area (Å²) in [5.74, 6) is -1.03. The van der Waals surface area contributed by atoms with Crippen LogP contribution in [0.1, 0.15) is 0 Å². The fraction of sp³-hybridized carbons (Fsp3) is 0. The van der Waals surface area contributed by atoms with Gasteiger partial charge in [0.25, 0.3) is 0 Å². The summed E-state index contributed by atoms with van der Waals surface area (Å²) in [5.41, 5.74) is 0.0746. The summed E-state index contributed by atoms with van der Waals surface area (Å²) >= 11 is 0. The van der Waals surface area contributed by atoms with E-state index in [1.54, 1.807) is 6.08 Å². The van der Waals surface area contributed by atoms with Crippen molar-refractivity contribution >= 4 is 18.4 Å². The topological polar surface area (TPSA) is 62.0 Å². The van der Waals surface area contributed by atoms with E-state index in [1.165, 1.54) is 24.8 Å². The van der Waals surface area contributed by atoms with Crippen LogP contribution in [0.5, 0.6) is 0 Å². The molecule has 0 saturated heterocycles. The lowest BCUT2D eigenvalue weighted by atomic mass is 10.3. The average molecular weight is 150 g/mol. The minimum atomic E-state index is -1.03. The molecule has 1 rings (SSSR count). The zero-order chi connectivity index (χ0) is 8.10. The van der Waals surface area contributed by atoms with Gasteiger partial charge in [-0.15, -0.1) is 0 Å². The van der Waals surface area contributed by atoms with Crippen LogP contribution in [0, 0.1) is 0 Å². The summed E-state index contributed by atoms with van der Waals surface area (Å²) in [6.07, 6.45) is 7.05. The molecule has 0 aromatic rings. The van der Waals surface area contributed by atoms with Crippen LogP contribution in [0.25, 0.3) is 0 Å². The van der Waals surface area contributed by atoms with Gasteiger partial charge in [-0.3, -0.25) is 9.98 Å². The second-order valence-corrected chi connectivity index (χ2v) is 1.81. The highest BCUT2D eigenvalue weighted by molar-refractivity contribution is 6.08. The Kier molecular flexibility index (Phi) is 2.32. The highest BCUT2D eigenvalue weighted by Crippen LogP contribution is 1.93. The van der Waals surface area contributed by atoms with E-state index < -0.39 is 5.97 Å². The van der Waals surface area contributed by atoms with Crippen LogP contribution in [0.3, 0.4) is 0 Å². The molecule has 0 radical (unpaired) electrons. The maximum absolute atomic E-state index is 10.4. The monoisotopic (exact) mass is 150 g/mol. The van der Waals surface area contributed by atoms with Crippen LogP contribution < -0.4 is 0 Å². The van der Waals surface area contributed by atoms with Crippen LogP contribution in [-0.4, -0.2) is 23.5 Å². The Hall–Kier alpha value is -1.71. The van der Waals surface area contributed by atoms with Crippen molar-refractivity contribution in [2.75, 3.05) is 0 Å². The number of carboxylic acid groups (broad SMARTS) is 1. The van der Waals surface area contributed by atoms with Gasteiger partial charge in [-0.25, -0.2) is 4.79 Å². The van der Waals surface area contributed by atoms with E-state index in [0.717, 1.165) is 0 Å². The molecule has 0 bridgehead atoms. The fourth-order valence-corrected chi connectivity index (χ4v) is 0.528. The number of carboxylic acids is 1. The van der Waals surface area contributed by atoms with Crippen molar-refractivity contribution in [1.29, 1.82) is 0 Å². The molecule has 0 aromatic heterocycles. The number of carbonyl (C=O) groups is 1. The smallest absolute Gasteiger partial charge is 0.338 e. The Morgan fingerprint density at radius 1 is 1.45 bits per heavy atom. The fourth-order valence-electron chi connectivity index (χ4n) is 0.528. The van der Waals surface area contributed by atoms with Crippen LogP contribution in [0.4, 0.5) is 0 Å². The minimum absolute atomic E-state index is 0.0746. The molecule has 1 aliphatic rings. The maximum atomic E-state index is 10.4. The third kappa shape index (κ3) is 2.17. The number of aliphatic carboxylic acids is 1. The number of hydrogen-bond acceptors (Lipinski definition) is 3. The van der Waals surface area contributed by atoms with Gasteiger partial charge in [-0.05, 0) is 6.08 Å². The number of hydrogen-bond donors (Lipinski definition) is 1. The average Bonchev–Trinajstić information content (AvgIpc) is 1.84. The molecule has 1 N–H and O–H groups in total. The zero-order valence-electron chi connectivity index (χ0n) is 5.64. The summed E-state index contributed by atoms with van der Waals surface area (Å²) in [5, 5.41) is 8.50. The third-order valence-electron chi connectivity index (χ3n) is 1.02. The first-order valence-electron chi connectivity index (χ1n) is 2.95. The standard InChI is InChI=1S/C7H6N2O2/c10-7(11)6-4-8-2-1-3-9-5-6/h1-5H,(H,10,11)/b2-1-,3-1?,6-4?,6-5+,8-2?,8-4-,9-3-,9-5?. The molecule has 11 heavy (non-hydrogen) atoms. The maximum Gasteiger partial charge on any atom is 0.338 e. The molecule has 0 saturated carbocycles. The molecule has 4 nitrogen and oxygen atoms in total. The Morgan fingerprint density at radius 3 is 3.00 bits per heavy atom. The Bertz CT molecular complexity index is 274. The molecule has 0 unspecified atom stereocenters. The Balaban J connectivity index is 2.87. The number of allylic oxidation sites excluding steroid dienone is 1. The third-order valence-corrected chi connectivity index (χ3v) is 1.02. The van der Waals surface area contributed by atoms with E-state index in [2.05, 4.69) is 9.98 Å². The molecule has 0 fully saturated rings. The van der Waals surface area contributed by atoms with Gasteiger partial charge in [0.2, 0.25) is 0 Å². The van der Waals surface area contributed by atoms with Gasteiger partial charge >= 0.3 is 5.97 Å². The van der Waals surface area contributed by atoms with Crippen LogP contribution >= 0.6 is 0 Å². The van der Waals surface area contributed by atoms with Crippen LogP contribution in [-0.2, 0) is 4.79 Å². The van der Waals surface area contributed by atoms with Crippen molar-refractivity contribution in [2.45, 2.75) is 0 Å². The normalized spacial score (nSPS) is 28.9. The van der Waals surface area contributed by atoms with Crippen molar-refractivity contribution in [3.05, 3.63) is 24.0 Å². The summed E-state index contributed by atoms with van der Waals surface area (Å²) in [6.45, 7) is 0. The lowest BCUT2D eigenvalue weighted by Crippen LogP contribution is -2.01. The van der Waals surface area contributed by atoms with Gasteiger partial charge in [-0.2, -0.15) is 0 Å². The molecule has 0 aromatic carbocycles. The predicted molar refractivity (Wildman–Crippen MR) is 41.8 cm³/mol. The van der Waals surface area contributed by atoms with Crippen molar-refractivity contribution in [1.82, 2.24) is 0 Å². The summed E-state index contributed by atoms with van der Waals surface area (Å²) in [7, 11) is 0. The Labute approximate surface area is 63.3 Å². The van der Waals surface area contributed by atoms with Gasteiger partial charge in [0.15, 0.2) is 0 Å². The van der Waals surface area contributed by atoms with E-state index in [9.17, 15) is 4.79 Å². The van der Waals surface area contributed by atoms with Crippen molar-refractivity contribution < 1.29 is 9.90 Å². The largest absolute Gasteiger partial charge is 0.478 e. The van der Waals surface area contributed by atoms with Crippen molar-refractivity contribution in [3.63, 3.8) is 0 Å².